The van der Waals surface area contributed by atoms with Gasteiger partial charge in [0.05, 0.1) is 4.90 Å². The fourth-order valence-corrected chi connectivity index (χ4v) is 3.26. The third-order valence-corrected chi connectivity index (χ3v) is 5.07. The summed E-state index contributed by atoms with van der Waals surface area (Å²) in [6, 6.07) is 5.65. The van der Waals surface area contributed by atoms with Crippen LogP contribution in [-0.4, -0.2) is 49.9 Å². The number of nitrogens with one attached hydrogen (secondary N) is 1. The van der Waals surface area contributed by atoms with Crippen molar-refractivity contribution in [3.05, 3.63) is 29.8 Å². The largest absolute Gasteiger partial charge is 0.480 e. The zero-order chi connectivity index (χ0) is 17.0. The van der Waals surface area contributed by atoms with E-state index in [1.54, 1.807) is 6.92 Å². The van der Waals surface area contributed by atoms with Gasteiger partial charge in [-0.15, -0.1) is 0 Å². The number of carboxylic acids is 1. The van der Waals surface area contributed by atoms with E-state index in [1.165, 1.54) is 24.3 Å². The van der Waals surface area contributed by atoms with Crippen LogP contribution in [0.15, 0.2) is 29.2 Å². The molecule has 0 atom stereocenters. The van der Waals surface area contributed by atoms with Gasteiger partial charge in [-0.1, -0.05) is 6.07 Å². The Morgan fingerprint density at radius 3 is 2.61 bits per heavy atom. The molecule has 0 unspecified atom stereocenters. The number of carbonyl (C=O) groups excluding carboxylic acids is 1. The number of nitrogens with zero attached hydrogens (tertiary/aromatic N) is 1. The normalized spacial score (nSPS) is 14.5. The summed E-state index contributed by atoms with van der Waals surface area (Å²) in [7, 11) is -3.66. The number of aliphatic carboxylic acids is 1. The number of sulfonamides is 1. The Labute approximate surface area is 135 Å². The maximum atomic E-state index is 12.3. The molecule has 1 saturated carbocycles. The van der Waals surface area contributed by atoms with E-state index in [0.29, 0.717) is 12.5 Å². The summed E-state index contributed by atoms with van der Waals surface area (Å²) in [5.74, 6) is -1.22. The van der Waals surface area contributed by atoms with Crippen LogP contribution in [0.1, 0.15) is 30.1 Å². The van der Waals surface area contributed by atoms with Crippen LogP contribution in [0.5, 0.6) is 0 Å². The van der Waals surface area contributed by atoms with Gasteiger partial charge in [-0.05, 0) is 43.9 Å². The van der Waals surface area contributed by atoms with E-state index in [4.69, 9.17) is 5.11 Å². The van der Waals surface area contributed by atoms with Crippen molar-refractivity contribution >= 4 is 21.9 Å². The maximum absolute atomic E-state index is 12.3. The Kier molecular flexibility index (Phi) is 5.38. The average molecular weight is 340 g/mol. The second-order valence-electron chi connectivity index (χ2n) is 5.54. The molecule has 1 amide bonds. The van der Waals surface area contributed by atoms with Crippen molar-refractivity contribution in [1.29, 1.82) is 0 Å². The van der Waals surface area contributed by atoms with Gasteiger partial charge in [-0.25, -0.2) is 13.1 Å². The van der Waals surface area contributed by atoms with Crippen LogP contribution < -0.4 is 4.72 Å². The molecule has 7 nitrogen and oxygen atoms in total. The smallest absolute Gasteiger partial charge is 0.323 e. The summed E-state index contributed by atoms with van der Waals surface area (Å²) in [5.41, 5.74) is 0.155. The van der Waals surface area contributed by atoms with Gasteiger partial charge in [0.1, 0.15) is 6.54 Å². The van der Waals surface area contributed by atoms with Crippen molar-refractivity contribution in [2.24, 2.45) is 5.92 Å². The van der Waals surface area contributed by atoms with Crippen molar-refractivity contribution in [3.63, 3.8) is 0 Å². The van der Waals surface area contributed by atoms with Gasteiger partial charge >= 0.3 is 5.97 Å². The molecule has 8 heteroatoms. The fraction of sp³-hybridized carbons (Fsp3) is 0.467. The number of rotatable bonds is 8. The lowest BCUT2D eigenvalue weighted by molar-refractivity contribution is -0.137. The Morgan fingerprint density at radius 1 is 1.35 bits per heavy atom. The van der Waals surface area contributed by atoms with Crippen molar-refractivity contribution in [2.45, 2.75) is 24.7 Å². The molecule has 2 N–H and O–H groups in total. The first-order valence-corrected chi connectivity index (χ1v) is 8.92. The van der Waals surface area contributed by atoms with Gasteiger partial charge in [0, 0.05) is 18.7 Å². The van der Waals surface area contributed by atoms with Crippen LogP contribution in [0.25, 0.3) is 0 Å². The van der Waals surface area contributed by atoms with Crippen LogP contribution >= 0.6 is 0 Å². The first-order valence-electron chi connectivity index (χ1n) is 7.44. The molecule has 0 aromatic heterocycles. The zero-order valence-electron chi connectivity index (χ0n) is 12.9. The minimum absolute atomic E-state index is 0.00961. The molecule has 1 aliphatic rings. The molecule has 1 aromatic rings. The Bertz CT molecular complexity index is 698. The quantitative estimate of drug-likeness (QED) is 0.732. The number of hydrogen-bond acceptors (Lipinski definition) is 4. The molecule has 1 fully saturated rings. The van der Waals surface area contributed by atoms with Crippen LogP contribution in [0.4, 0.5) is 0 Å². The predicted molar refractivity (Wildman–Crippen MR) is 83.6 cm³/mol. The molecule has 23 heavy (non-hydrogen) atoms. The molecular formula is C15H20N2O5S. The number of benzene rings is 1. The molecule has 0 aliphatic heterocycles. The highest BCUT2D eigenvalue weighted by Crippen LogP contribution is 2.28. The minimum atomic E-state index is -3.66. The van der Waals surface area contributed by atoms with Gasteiger partial charge in [0.15, 0.2) is 0 Å². The maximum Gasteiger partial charge on any atom is 0.323 e. The second kappa shape index (κ2) is 7.10. The van der Waals surface area contributed by atoms with E-state index in [9.17, 15) is 18.0 Å². The molecule has 1 aromatic carbocycles. The lowest BCUT2D eigenvalue weighted by Gasteiger charge is -2.18. The topological polar surface area (TPSA) is 104 Å². The number of likely N-dealkylation sites (N-methyl/N-ethyl adjacent to an activating group) is 1. The van der Waals surface area contributed by atoms with Crippen molar-refractivity contribution < 1.29 is 23.1 Å². The van der Waals surface area contributed by atoms with E-state index in [1.807, 2.05) is 0 Å². The first kappa shape index (κ1) is 17.4. The minimum Gasteiger partial charge on any atom is -0.480 e. The van der Waals surface area contributed by atoms with Crippen LogP contribution in [0, 0.1) is 5.92 Å². The van der Waals surface area contributed by atoms with E-state index in [2.05, 4.69) is 4.72 Å². The van der Waals surface area contributed by atoms with E-state index >= 15 is 0 Å². The van der Waals surface area contributed by atoms with Gasteiger partial charge in [-0.2, -0.15) is 0 Å². The molecule has 0 spiro atoms. The highest BCUT2D eigenvalue weighted by Gasteiger charge is 2.25. The lowest BCUT2D eigenvalue weighted by Crippen LogP contribution is -2.35. The van der Waals surface area contributed by atoms with Gasteiger partial charge in [0.25, 0.3) is 5.91 Å². The molecule has 0 heterocycles. The van der Waals surface area contributed by atoms with Crippen LogP contribution in [-0.2, 0) is 14.8 Å². The van der Waals surface area contributed by atoms with Crippen molar-refractivity contribution in [1.82, 2.24) is 9.62 Å². The highest BCUT2D eigenvalue weighted by atomic mass is 32.2. The Morgan fingerprint density at radius 2 is 2.04 bits per heavy atom. The number of hydrogen-bond donors (Lipinski definition) is 2. The predicted octanol–water partition coefficient (Wildman–Crippen LogP) is 0.922. The van der Waals surface area contributed by atoms with Crippen molar-refractivity contribution in [2.75, 3.05) is 19.6 Å². The molecule has 126 valence electrons. The first-order chi connectivity index (χ1) is 10.8. The second-order valence-corrected chi connectivity index (χ2v) is 7.30. The van der Waals surface area contributed by atoms with E-state index in [0.717, 1.165) is 17.7 Å². The molecular weight excluding hydrogens is 320 g/mol. The van der Waals surface area contributed by atoms with Crippen LogP contribution in [0.2, 0.25) is 0 Å². The summed E-state index contributed by atoms with van der Waals surface area (Å²) < 4.78 is 27.0. The van der Waals surface area contributed by atoms with E-state index < -0.39 is 28.4 Å². The third kappa shape index (κ3) is 4.77. The standard InChI is InChI=1S/C15H20N2O5S/c1-2-17(10-14(18)19)15(20)12-4-3-5-13(8-12)23(21,22)16-9-11-6-7-11/h3-5,8,11,16H,2,6-7,9-10H2,1H3,(H,18,19). The van der Waals surface area contributed by atoms with Crippen molar-refractivity contribution in [3.8, 4) is 0 Å². The molecule has 0 radical (unpaired) electrons. The molecule has 1 aliphatic carbocycles. The Balaban J connectivity index is 2.17. The number of amides is 1. The zero-order valence-corrected chi connectivity index (χ0v) is 13.7. The van der Waals surface area contributed by atoms with Gasteiger partial charge in [0.2, 0.25) is 10.0 Å². The molecule has 2 rings (SSSR count). The lowest BCUT2D eigenvalue weighted by atomic mass is 10.2. The SMILES string of the molecule is CCN(CC(=O)O)C(=O)c1cccc(S(=O)(=O)NCC2CC2)c1. The van der Waals surface area contributed by atoms with Gasteiger partial charge < -0.3 is 10.0 Å². The van der Waals surface area contributed by atoms with Gasteiger partial charge in [-0.3, -0.25) is 9.59 Å². The summed E-state index contributed by atoms with van der Waals surface area (Å²) in [6.07, 6.45) is 2.06. The molecule has 0 saturated heterocycles. The number of carboxylic acid groups (broad SMARTS) is 1. The Hall–Kier alpha value is -1.93. The molecule has 0 bridgehead atoms. The summed E-state index contributed by atoms with van der Waals surface area (Å²) in [4.78, 5) is 24.3. The monoisotopic (exact) mass is 340 g/mol. The average Bonchev–Trinajstić information content (AvgIpc) is 3.34. The summed E-state index contributed by atoms with van der Waals surface area (Å²) in [6.45, 7) is 1.87. The van der Waals surface area contributed by atoms with E-state index in [-0.39, 0.29) is 17.0 Å². The summed E-state index contributed by atoms with van der Waals surface area (Å²) >= 11 is 0. The fourth-order valence-electron chi connectivity index (χ4n) is 2.10. The third-order valence-electron chi connectivity index (χ3n) is 3.65. The summed E-state index contributed by atoms with van der Waals surface area (Å²) in [5, 5.41) is 8.82. The number of carbonyl (C=O) groups is 2. The van der Waals surface area contributed by atoms with Crippen LogP contribution in [0.3, 0.4) is 0 Å². The highest BCUT2D eigenvalue weighted by molar-refractivity contribution is 7.89.